The van der Waals surface area contributed by atoms with Crippen LogP contribution in [0.5, 0.6) is 11.5 Å². The van der Waals surface area contributed by atoms with Gasteiger partial charge in [0, 0.05) is 23.7 Å². The Kier molecular flexibility index (Phi) is 5.40. The van der Waals surface area contributed by atoms with E-state index in [1.165, 1.54) is 19.2 Å². The molecule has 1 heterocycles. The highest BCUT2D eigenvalue weighted by Crippen LogP contribution is 2.35. The molecule has 0 fully saturated rings. The van der Waals surface area contributed by atoms with Gasteiger partial charge in [0.15, 0.2) is 11.6 Å². The van der Waals surface area contributed by atoms with Crippen LogP contribution in [0, 0.1) is 5.82 Å². The van der Waals surface area contributed by atoms with Gasteiger partial charge in [0.05, 0.1) is 20.6 Å². The molecule has 0 unspecified atom stereocenters. The van der Waals surface area contributed by atoms with Crippen LogP contribution in [0.15, 0.2) is 42.6 Å². The molecule has 27 heavy (non-hydrogen) atoms. The molecule has 0 saturated carbocycles. The number of fused-ring (bicyclic) bond motifs is 1. The number of carbonyl (C=O) groups is 1. The fourth-order valence-electron chi connectivity index (χ4n) is 2.78. The minimum atomic E-state index is -0.705. The van der Waals surface area contributed by atoms with E-state index in [0.717, 1.165) is 10.8 Å². The van der Waals surface area contributed by atoms with Crippen molar-refractivity contribution in [2.75, 3.05) is 26.1 Å². The number of anilines is 1. The quantitative estimate of drug-likeness (QED) is 0.644. The predicted octanol–water partition coefficient (Wildman–Crippen LogP) is 3.73. The number of pyridine rings is 1. The summed E-state index contributed by atoms with van der Waals surface area (Å²) in [6.07, 6.45) is 1.83. The highest BCUT2D eigenvalue weighted by molar-refractivity contribution is 6.02. The van der Waals surface area contributed by atoms with E-state index in [1.807, 2.05) is 12.1 Å². The van der Waals surface area contributed by atoms with Crippen LogP contribution in [0.3, 0.4) is 0 Å². The van der Waals surface area contributed by atoms with Gasteiger partial charge in [-0.1, -0.05) is 6.07 Å². The van der Waals surface area contributed by atoms with Crippen molar-refractivity contribution in [1.82, 2.24) is 4.98 Å². The van der Waals surface area contributed by atoms with Crippen LogP contribution < -0.4 is 10.1 Å². The van der Waals surface area contributed by atoms with E-state index >= 15 is 0 Å². The minimum absolute atomic E-state index is 0.209. The van der Waals surface area contributed by atoms with E-state index in [1.54, 1.807) is 25.4 Å². The standard InChI is InChI=1S/C20H19FN2O4/c1-26-13-4-5-14-15(10-13)16(12-3-6-18(24)17(21)9-12)11-23-20(14)22-8-7-19(25)27-2/h3-6,9-11,24H,7-8H2,1-2H3,(H,22,23). The maximum Gasteiger partial charge on any atom is 0.307 e. The lowest BCUT2D eigenvalue weighted by atomic mass is 10.00. The van der Waals surface area contributed by atoms with Crippen LogP contribution in [0.2, 0.25) is 0 Å². The number of esters is 1. The Balaban J connectivity index is 2.05. The van der Waals surface area contributed by atoms with E-state index in [2.05, 4.69) is 15.0 Å². The molecule has 2 N–H and O–H groups in total. The van der Waals surface area contributed by atoms with Gasteiger partial charge in [0.2, 0.25) is 0 Å². The molecule has 140 valence electrons. The number of rotatable bonds is 6. The molecule has 0 spiro atoms. The summed E-state index contributed by atoms with van der Waals surface area (Å²) in [5.41, 5.74) is 1.28. The van der Waals surface area contributed by atoms with E-state index in [9.17, 15) is 14.3 Å². The molecular weight excluding hydrogens is 351 g/mol. The molecule has 3 aromatic rings. The molecule has 7 heteroatoms. The fourth-order valence-corrected chi connectivity index (χ4v) is 2.78. The van der Waals surface area contributed by atoms with Crippen LogP contribution in [-0.2, 0) is 9.53 Å². The topological polar surface area (TPSA) is 80.7 Å². The molecule has 0 bridgehead atoms. The maximum absolute atomic E-state index is 13.8. The third-order valence-corrected chi connectivity index (χ3v) is 4.20. The van der Waals surface area contributed by atoms with E-state index in [0.29, 0.717) is 29.2 Å². The van der Waals surface area contributed by atoms with Crippen molar-refractivity contribution in [3.05, 3.63) is 48.4 Å². The number of methoxy groups -OCH3 is 2. The molecular formula is C20H19FN2O4. The van der Waals surface area contributed by atoms with Gasteiger partial charge in [-0.25, -0.2) is 9.37 Å². The number of hydrogen-bond donors (Lipinski definition) is 2. The third-order valence-electron chi connectivity index (χ3n) is 4.20. The van der Waals surface area contributed by atoms with Gasteiger partial charge in [-0.2, -0.15) is 0 Å². The number of carbonyl (C=O) groups excluding carboxylic acids is 1. The lowest BCUT2D eigenvalue weighted by Crippen LogP contribution is -2.10. The molecule has 0 aliphatic heterocycles. The largest absolute Gasteiger partial charge is 0.505 e. The SMILES string of the molecule is COC(=O)CCNc1ncc(-c2ccc(O)c(F)c2)c2cc(OC)ccc12. The molecule has 6 nitrogen and oxygen atoms in total. The second kappa shape index (κ2) is 7.90. The zero-order chi connectivity index (χ0) is 19.4. The summed E-state index contributed by atoms with van der Waals surface area (Å²) in [5.74, 6) is -0.183. The van der Waals surface area contributed by atoms with E-state index in [-0.39, 0.29) is 12.4 Å². The summed E-state index contributed by atoms with van der Waals surface area (Å²) in [7, 11) is 2.91. The minimum Gasteiger partial charge on any atom is -0.505 e. The van der Waals surface area contributed by atoms with Gasteiger partial charge in [-0.15, -0.1) is 0 Å². The number of aromatic nitrogens is 1. The van der Waals surface area contributed by atoms with Crippen molar-refractivity contribution < 1.29 is 23.8 Å². The monoisotopic (exact) mass is 370 g/mol. The Morgan fingerprint density at radius 3 is 2.70 bits per heavy atom. The Hall–Kier alpha value is -3.35. The van der Waals surface area contributed by atoms with Crippen LogP contribution in [-0.4, -0.2) is 36.8 Å². The first-order valence-electron chi connectivity index (χ1n) is 8.30. The molecule has 0 amide bonds. The maximum atomic E-state index is 13.8. The predicted molar refractivity (Wildman–Crippen MR) is 100 cm³/mol. The molecule has 0 aliphatic rings. The highest BCUT2D eigenvalue weighted by atomic mass is 19.1. The highest BCUT2D eigenvalue weighted by Gasteiger charge is 2.13. The van der Waals surface area contributed by atoms with Crippen LogP contribution in [0.4, 0.5) is 10.2 Å². The molecule has 0 saturated heterocycles. The van der Waals surface area contributed by atoms with Crippen molar-refractivity contribution in [1.29, 1.82) is 0 Å². The average molecular weight is 370 g/mol. The van der Waals surface area contributed by atoms with Crippen LogP contribution in [0.1, 0.15) is 6.42 Å². The lowest BCUT2D eigenvalue weighted by molar-refractivity contribution is -0.140. The molecule has 0 radical (unpaired) electrons. The second-order valence-electron chi connectivity index (χ2n) is 5.85. The van der Waals surface area contributed by atoms with Gasteiger partial charge in [-0.05, 0) is 41.3 Å². The fraction of sp³-hybridized carbons (Fsp3) is 0.200. The molecule has 1 aromatic heterocycles. The number of phenolic OH excluding ortho intramolecular Hbond substituents is 1. The first kappa shape index (κ1) is 18.4. The summed E-state index contributed by atoms with van der Waals surface area (Å²) >= 11 is 0. The van der Waals surface area contributed by atoms with Crippen LogP contribution >= 0.6 is 0 Å². The van der Waals surface area contributed by atoms with Gasteiger partial charge < -0.3 is 19.9 Å². The number of hydrogen-bond acceptors (Lipinski definition) is 6. The zero-order valence-electron chi connectivity index (χ0n) is 15.0. The van der Waals surface area contributed by atoms with Gasteiger partial charge >= 0.3 is 5.97 Å². The van der Waals surface area contributed by atoms with Gasteiger partial charge in [-0.3, -0.25) is 4.79 Å². The number of phenols is 1. The summed E-state index contributed by atoms with van der Waals surface area (Å²) < 4.78 is 23.8. The number of nitrogens with one attached hydrogen (secondary N) is 1. The summed E-state index contributed by atoms with van der Waals surface area (Å²) in [6.45, 7) is 0.369. The summed E-state index contributed by atoms with van der Waals surface area (Å²) in [5, 5.41) is 14.2. The molecule has 0 aliphatic carbocycles. The van der Waals surface area contributed by atoms with Gasteiger partial charge in [0.25, 0.3) is 0 Å². The Bertz CT molecular complexity index is 991. The summed E-state index contributed by atoms with van der Waals surface area (Å²) in [6, 6.07) is 9.68. The van der Waals surface area contributed by atoms with Crippen molar-refractivity contribution >= 4 is 22.6 Å². The lowest BCUT2D eigenvalue weighted by Gasteiger charge is -2.13. The number of aromatic hydroxyl groups is 1. The second-order valence-corrected chi connectivity index (χ2v) is 5.85. The summed E-state index contributed by atoms with van der Waals surface area (Å²) in [4.78, 5) is 15.7. The number of benzene rings is 2. The van der Waals surface area contributed by atoms with Crippen molar-refractivity contribution in [3.63, 3.8) is 0 Å². The Morgan fingerprint density at radius 2 is 2.00 bits per heavy atom. The van der Waals surface area contributed by atoms with Crippen LogP contribution in [0.25, 0.3) is 21.9 Å². The molecule has 3 rings (SSSR count). The first-order chi connectivity index (χ1) is 13.0. The van der Waals surface area contributed by atoms with Gasteiger partial charge in [0.1, 0.15) is 11.6 Å². The third kappa shape index (κ3) is 3.92. The van der Waals surface area contributed by atoms with Crippen molar-refractivity contribution in [2.45, 2.75) is 6.42 Å². The van der Waals surface area contributed by atoms with Crippen molar-refractivity contribution in [3.8, 4) is 22.6 Å². The normalized spacial score (nSPS) is 10.6. The molecule has 2 aromatic carbocycles. The van der Waals surface area contributed by atoms with E-state index in [4.69, 9.17) is 4.74 Å². The Morgan fingerprint density at radius 1 is 1.19 bits per heavy atom. The smallest absolute Gasteiger partial charge is 0.307 e. The van der Waals surface area contributed by atoms with Crippen molar-refractivity contribution in [2.24, 2.45) is 0 Å². The Labute approximate surface area is 155 Å². The number of ether oxygens (including phenoxy) is 2. The van der Waals surface area contributed by atoms with E-state index < -0.39 is 11.6 Å². The number of nitrogens with zero attached hydrogens (tertiary/aromatic N) is 1. The first-order valence-corrected chi connectivity index (χ1v) is 8.30. The number of halogens is 1. The zero-order valence-corrected chi connectivity index (χ0v) is 15.0. The molecule has 0 atom stereocenters. The average Bonchev–Trinajstić information content (AvgIpc) is 2.69.